The maximum absolute atomic E-state index is 11.4. The molecule has 0 fully saturated rings. The normalized spacial score (nSPS) is 10.2. The zero-order valence-electron chi connectivity index (χ0n) is 11.5. The molecule has 3 N–H and O–H groups in total. The van der Waals surface area contributed by atoms with Crippen LogP contribution in [0.3, 0.4) is 0 Å². The number of aliphatic carboxylic acids is 1. The standard InChI is InChI=1S/C13H22N4O3/c18-12(19)6-3-1-2-4-7-14-13(20)15-9-11-17-10-5-8-16-17/h5,8,10H,1-4,6-7,9,11H2,(H,18,19)(H2,14,15,20). The van der Waals surface area contributed by atoms with Crippen molar-refractivity contribution < 1.29 is 14.7 Å². The largest absolute Gasteiger partial charge is 0.481 e. The molecule has 0 aliphatic rings. The third kappa shape index (κ3) is 8.12. The van der Waals surface area contributed by atoms with E-state index in [9.17, 15) is 9.59 Å². The summed E-state index contributed by atoms with van der Waals surface area (Å²) >= 11 is 0. The van der Waals surface area contributed by atoms with Crippen LogP contribution in [0.5, 0.6) is 0 Å². The monoisotopic (exact) mass is 282 g/mol. The minimum Gasteiger partial charge on any atom is -0.481 e. The van der Waals surface area contributed by atoms with Crippen LogP contribution in [0, 0.1) is 0 Å². The summed E-state index contributed by atoms with van der Waals surface area (Å²) in [5.41, 5.74) is 0. The third-order valence-electron chi connectivity index (χ3n) is 2.79. The molecule has 0 spiro atoms. The molecule has 0 atom stereocenters. The van der Waals surface area contributed by atoms with Gasteiger partial charge in [0.2, 0.25) is 0 Å². The Bertz CT molecular complexity index is 392. The number of carboxylic acids is 1. The smallest absolute Gasteiger partial charge is 0.314 e. The molecule has 0 aliphatic heterocycles. The number of carboxylic acid groups (broad SMARTS) is 1. The molecule has 0 bridgehead atoms. The molecule has 20 heavy (non-hydrogen) atoms. The molecular formula is C13H22N4O3. The summed E-state index contributed by atoms with van der Waals surface area (Å²) in [4.78, 5) is 21.7. The van der Waals surface area contributed by atoms with Gasteiger partial charge in [-0.3, -0.25) is 9.48 Å². The molecule has 0 aromatic carbocycles. The van der Waals surface area contributed by atoms with Gasteiger partial charge in [0.1, 0.15) is 0 Å². The summed E-state index contributed by atoms with van der Waals surface area (Å²) < 4.78 is 1.75. The lowest BCUT2D eigenvalue weighted by Gasteiger charge is -2.07. The molecule has 2 amide bonds. The van der Waals surface area contributed by atoms with Crippen LogP contribution >= 0.6 is 0 Å². The number of nitrogens with one attached hydrogen (secondary N) is 2. The third-order valence-corrected chi connectivity index (χ3v) is 2.79. The number of aromatic nitrogens is 2. The van der Waals surface area contributed by atoms with E-state index in [0.29, 0.717) is 26.1 Å². The van der Waals surface area contributed by atoms with Crippen molar-refractivity contribution in [3.8, 4) is 0 Å². The molecule has 0 radical (unpaired) electrons. The molecule has 0 unspecified atom stereocenters. The first-order chi connectivity index (χ1) is 9.68. The zero-order chi connectivity index (χ0) is 14.6. The van der Waals surface area contributed by atoms with Crippen molar-refractivity contribution in [2.24, 2.45) is 0 Å². The first-order valence-corrected chi connectivity index (χ1v) is 6.89. The van der Waals surface area contributed by atoms with Crippen molar-refractivity contribution in [3.05, 3.63) is 18.5 Å². The Morgan fingerprint density at radius 3 is 2.55 bits per heavy atom. The summed E-state index contributed by atoms with van der Waals surface area (Å²) in [6.07, 6.45) is 7.15. The molecule has 1 aromatic rings. The maximum Gasteiger partial charge on any atom is 0.314 e. The molecule has 1 rings (SSSR count). The highest BCUT2D eigenvalue weighted by molar-refractivity contribution is 5.73. The predicted octanol–water partition coefficient (Wildman–Crippen LogP) is 1.22. The van der Waals surface area contributed by atoms with Gasteiger partial charge in [0.05, 0.1) is 6.54 Å². The highest BCUT2D eigenvalue weighted by Crippen LogP contribution is 2.01. The molecule has 0 saturated heterocycles. The van der Waals surface area contributed by atoms with Gasteiger partial charge < -0.3 is 15.7 Å². The Balaban J connectivity index is 1.88. The Hall–Kier alpha value is -2.05. The van der Waals surface area contributed by atoms with Gasteiger partial charge in [-0.15, -0.1) is 0 Å². The van der Waals surface area contributed by atoms with Gasteiger partial charge in [-0.1, -0.05) is 12.8 Å². The van der Waals surface area contributed by atoms with Crippen LogP contribution in [0.2, 0.25) is 0 Å². The van der Waals surface area contributed by atoms with E-state index in [4.69, 9.17) is 5.11 Å². The Kier molecular flexibility index (Phi) is 7.86. The van der Waals surface area contributed by atoms with Crippen molar-refractivity contribution in [1.82, 2.24) is 20.4 Å². The van der Waals surface area contributed by atoms with E-state index in [1.807, 2.05) is 12.3 Å². The molecule has 1 heterocycles. The van der Waals surface area contributed by atoms with E-state index < -0.39 is 5.97 Å². The van der Waals surface area contributed by atoms with Gasteiger partial charge in [-0.2, -0.15) is 5.10 Å². The van der Waals surface area contributed by atoms with Crippen LogP contribution in [0.4, 0.5) is 4.79 Å². The fraction of sp³-hybridized carbons (Fsp3) is 0.615. The van der Waals surface area contributed by atoms with E-state index in [2.05, 4.69) is 15.7 Å². The minimum absolute atomic E-state index is 0.178. The van der Waals surface area contributed by atoms with E-state index in [1.165, 1.54) is 0 Å². The first kappa shape index (κ1) is 16.0. The average molecular weight is 282 g/mol. The Morgan fingerprint density at radius 1 is 1.10 bits per heavy atom. The fourth-order valence-corrected chi connectivity index (χ4v) is 1.74. The molecule has 0 aliphatic carbocycles. The highest BCUT2D eigenvalue weighted by atomic mass is 16.4. The van der Waals surface area contributed by atoms with Gasteiger partial charge >= 0.3 is 12.0 Å². The van der Waals surface area contributed by atoms with Crippen LogP contribution in [0.15, 0.2) is 18.5 Å². The maximum atomic E-state index is 11.4. The summed E-state index contributed by atoms with van der Waals surface area (Å²) in [6.45, 7) is 1.79. The van der Waals surface area contributed by atoms with Crippen molar-refractivity contribution in [3.63, 3.8) is 0 Å². The number of amides is 2. The average Bonchev–Trinajstić information content (AvgIpc) is 2.90. The molecule has 7 heteroatoms. The number of hydrogen-bond acceptors (Lipinski definition) is 3. The van der Waals surface area contributed by atoms with E-state index >= 15 is 0 Å². The van der Waals surface area contributed by atoms with Crippen molar-refractivity contribution >= 4 is 12.0 Å². The van der Waals surface area contributed by atoms with Crippen molar-refractivity contribution in [2.45, 2.75) is 38.6 Å². The number of carbonyl (C=O) groups excluding carboxylic acids is 1. The van der Waals surface area contributed by atoms with Crippen LogP contribution in [-0.4, -0.2) is 40.0 Å². The van der Waals surface area contributed by atoms with E-state index in [1.54, 1.807) is 10.9 Å². The zero-order valence-corrected chi connectivity index (χ0v) is 11.5. The predicted molar refractivity (Wildman–Crippen MR) is 74.3 cm³/mol. The lowest BCUT2D eigenvalue weighted by Crippen LogP contribution is -2.37. The number of nitrogens with zero attached hydrogens (tertiary/aromatic N) is 2. The quantitative estimate of drug-likeness (QED) is 0.562. The van der Waals surface area contributed by atoms with Crippen molar-refractivity contribution in [1.29, 1.82) is 0 Å². The number of carbonyl (C=O) groups is 2. The van der Waals surface area contributed by atoms with Crippen LogP contribution in [0.25, 0.3) is 0 Å². The van der Waals surface area contributed by atoms with Crippen LogP contribution < -0.4 is 10.6 Å². The summed E-state index contributed by atoms with van der Waals surface area (Å²) in [5, 5.41) is 18.0. The number of urea groups is 1. The molecule has 112 valence electrons. The second kappa shape index (κ2) is 9.82. The molecule has 7 nitrogen and oxygen atoms in total. The van der Waals surface area contributed by atoms with E-state index in [0.717, 1.165) is 19.3 Å². The first-order valence-electron chi connectivity index (χ1n) is 6.89. The lowest BCUT2D eigenvalue weighted by molar-refractivity contribution is -0.137. The lowest BCUT2D eigenvalue weighted by atomic mass is 10.1. The van der Waals surface area contributed by atoms with Crippen molar-refractivity contribution in [2.75, 3.05) is 13.1 Å². The summed E-state index contributed by atoms with van der Waals surface area (Å²) in [6, 6.07) is 1.66. The van der Waals surface area contributed by atoms with Gasteiger partial charge in [-0.25, -0.2) is 4.79 Å². The topological polar surface area (TPSA) is 96.3 Å². The highest BCUT2D eigenvalue weighted by Gasteiger charge is 2.00. The molecular weight excluding hydrogens is 260 g/mol. The van der Waals surface area contributed by atoms with E-state index in [-0.39, 0.29) is 12.5 Å². The SMILES string of the molecule is O=C(O)CCCCCCNC(=O)NCCn1cccn1. The number of hydrogen-bond donors (Lipinski definition) is 3. The van der Waals surface area contributed by atoms with Crippen LogP contribution in [-0.2, 0) is 11.3 Å². The summed E-state index contributed by atoms with van der Waals surface area (Å²) in [5.74, 6) is -0.750. The van der Waals surface area contributed by atoms with Gasteiger partial charge in [0.25, 0.3) is 0 Å². The minimum atomic E-state index is -0.750. The van der Waals surface area contributed by atoms with Crippen LogP contribution in [0.1, 0.15) is 32.1 Å². The second-order valence-electron chi connectivity index (χ2n) is 4.51. The Labute approximate surface area is 118 Å². The Morgan fingerprint density at radius 2 is 1.85 bits per heavy atom. The molecule has 0 saturated carbocycles. The van der Waals surface area contributed by atoms with Gasteiger partial charge in [0, 0.05) is 31.9 Å². The molecule has 1 aromatic heterocycles. The second-order valence-corrected chi connectivity index (χ2v) is 4.51. The van der Waals surface area contributed by atoms with Gasteiger partial charge in [-0.05, 0) is 18.9 Å². The fourth-order valence-electron chi connectivity index (χ4n) is 1.74. The van der Waals surface area contributed by atoms with Gasteiger partial charge in [0.15, 0.2) is 0 Å². The number of unbranched alkanes of at least 4 members (excludes halogenated alkanes) is 3. The number of rotatable bonds is 10. The summed E-state index contributed by atoms with van der Waals surface area (Å²) in [7, 11) is 0.